The topological polar surface area (TPSA) is 35.4 Å². The molecular weight excluding hydrogens is 306 g/mol. The van der Waals surface area contributed by atoms with Crippen molar-refractivity contribution in [3.8, 4) is 11.1 Å². The van der Waals surface area contributed by atoms with Crippen LogP contribution in [0.15, 0.2) is 54.9 Å². The highest BCUT2D eigenvalue weighted by Gasteiger charge is 2.27. The Morgan fingerprint density at radius 1 is 1.08 bits per heavy atom. The number of nitrogens with two attached hydrogens (primary N) is 1. The molecule has 0 spiro atoms. The molecule has 0 bridgehead atoms. The largest absolute Gasteiger partial charge is 0.350 e. The molecule has 1 aromatic carbocycles. The SMILES string of the molecule is Cn1cc(-c2c3c(n4ccccc24)CCC(CN)C3)c2ccccc21. The smallest absolute Gasteiger partial charge is 0.0535 e. The molecule has 0 radical (unpaired) electrons. The fraction of sp³-hybridized carbons (Fsp3) is 0.273. The van der Waals surface area contributed by atoms with E-state index in [-0.39, 0.29) is 0 Å². The first-order chi connectivity index (χ1) is 12.3. The van der Waals surface area contributed by atoms with Crippen LogP contribution in [0.1, 0.15) is 17.7 Å². The maximum Gasteiger partial charge on any atom is 0.0535 e. The highest BCUT2D eigenvalue weighted by molar-refractivity contribution is 6.01. The van der Waals surface area contributed by atoms with Crippen molar-refractivity contribution in [2.45, 2.75) is 19.3 Å². The number of aryl methyl sites for hydroxylation is 2. The molecule has 1 aliphatic carbocycles. The van der Waals surface area contributed by atoms with Gasteiger partial charge in [-0.15, -0.1) is 0 Å². The highest BCUT2D eigenvalue weighted by atomic mass is 14.9. The minimum absolute atomic E-state index is 0.596. The fourth-order valence-corrected chi connectivity index (χ4v) is 4.59. The van der Waals surface area contributed by atoms with Gasteiger partial charge >= 0.3 is 0 Å². The molecule has 3 heterocycles. The predicted octanol–water partition coefficient (Wildman–Crippen LogP) is 4.16. The minimum Gasteiger partial charge on any atom is -0.350 e. The Balaban J connectivity index is 1.87. The maximum atomic E-state index is 6.03. The summed E-state index contributed by atoms with van der Waals surface area (Å²) in [7, 11) is 2.14. The molecule has 3 heteroatoms. The lowest BCUT2D eigenvalue weighted by Gasteiger charge is -2.22. The van der Waals surface area contributed by atoms with Crippen LogP contribution >= 0.6 is 0 Å². The predicted molar refractivity (Wildman–Crippen MR) is 104 cm³/mol. The van der Waals surface area contributed by atoms with E-state index in [9.17, 15) is 0 Å². The van der Waals surface area contributed by atoms with Crippen LogP contribution in [0.4, 0.5) is 0 Å². The summed E-state index contributed by atoms with van der Waals surface area (Å²) < 4.78 is 4.64. The first-order valence-electron chi connectivity index (χ1n) is 9.13. The number of nitrogens with zero attached hydrogens (tertiary/aromatic N) is 2. The molecule has 2 N–H and O–H groups in total. The van der Waals surface area contributed by atoms with Crippen LogP contribution in [-0.4, -0.2) is 15.5 Å². The van der Waals surface area contributed by atoms with Gasteiger partial charge in [-0.25, -0.2) is 0 Å². The molecule has 1 aliphatic rings. The minimum atomic E-state index is 0.596. The van der Waals surface area contributed by atoms with E-state index in [0.29, 0.717) is 5.92 Å². The normalized spacial score (nSPS) is 17.3. The number of hydrogen-bond donors (Lipinski definition) is 1. The summed E-state index contributed by atoms with van der Waals surface area (Å²) in [5.41, 5.74) is 14.4. The zero-order chi connectivity index (χ0) is 17.0. The lowest BCUT2D eigenvalue weighted by molar-refractivity contribution is 0.465. The molecule has 4 aromatic rings. The lowest BCUT2D eigenvalue weighted by Crippen LogP contribution is -2.22. The zero-order valence-corrected chi connectivity index (χ0v) is 14.6. The average molecular weight is 329 g/mol. The number of pyridine rings is 1. The van der Waals surface area contributed by atoms with Crippen molar-refractivity contribution in [2.75, 3.05) is 6.54 Å². The second-order valence-electron chi connectivity index (χ2n) is 7.27. The molecule has 1 unspecified atom stereocenters. The number of hydrogen-bond acceptors (Lipinski definition) is 1. The molecule has 3 nitrogen and oxygen atoms in total. The summed E-state index contributed by atoms with van der Waals surface area (Å²) >= 11 is 0. The quantitative estimate of drug-likeness (QED) is 0.589. The van der Waals surface area contributed by atoms with Gasteiger partial charge in [-0.2, -0.15) is 0 Å². The molecule has 0 amide bonds. The molecule has 126 valence electrons. The van der Waals surface area contributed by atoms with Crippen molar-refractivity contribution in [1.82, 2.24) is 8.97 Å². The number of para-hydroxylation sites is 1. The van der Waals surface area contributed by atoms with Gasteiger partial charge in [-0.1, -0.05) is 24.3 Å². The second kappa shape index (κ2) is 5.50. The van der Waals surface area contributed by atoms with Crippen LogP contribution in [0.5, 0.6) is 0 Å². The van der Waals surface area contributed by atoms with E-state index >= 15 is 0 Å². The van der Waals surface area contributed by atoms with Crippen molar-refractivity contribution in [2.24, 2.45) is 18.7 Å². The van der Waals surface area contributed by atoms with Crippen molar-refractivity contribution >= 4 is 16.4 Å². The zero-order valence-electron chi connectivity index (χ0n) is 14.6. The molecule has 0 aliphatic heterocycles. The highest BCUT2D eigenvalue weighted by Crippen LogP contribution is 2.41. The molecule has 3 aromatic heterocycles. The number of fused-ring (bicyclic) bond motifs is 4. The average Bonchev–Trinajstić information content (AvgIpc) is 3.16. The maximum absolute atomic E-state index is 6.03. The molecule has 5 rings (SSSR count). The molecule has 0 saturated carbocycles. The van der Waals surface area contributed by atoms with Crippen LogP contribution in [0, 0.1) is 5.92 Å². The Kier molecular flexibility index (Phi) is 3.25. The number of aromatic nitrogens is 2. The Bertz CT molecular complexity index is 1080. The summed E-state index contributed by atoms with van der Waals surface area (Å²) in [4.78, 5) is 0. The van der Waals surface area contributed by atoms with Gasteiger partial charge < -0.3 is 14.7 Å². The van der Waals surface area contributed by atoms with Gasteiger partial charge in [-0.05, 0) is 55.5 Å². The van der Waals surface area contributed by atoms with Crippen molar-refractivity contribution < 1.29 is 0 Å². The van der Waals surface area contributed by atoms with Crippen molar-refractivity contribution in [3.63, 3.8) is 0 Å². The molecule has 0 saturated heterocycles. The van der Waals surface area contributed by atoms with E-state index in [1.54, 1.807) is 0 Å². The third-order valence-corrected chi connectivity index (χ3v) is 5.84. The lowest BCUT2D eigenvalue weighted by atomic mass is 9.84. The number of rotatable bonds is 2. The Morgan fingerprint density at radius 2 is 1.88 bits per heavy atom. The van der Waals surface area contributed by atoms with Crippen LogP contribution in [0.25, 0.3) is 27.5 Å². The van der Waals surface area contributed by atoms with E-state index in [2.05, 4.69) is 70.9 Å². The summed E-state index contributed by atoms with van der Waals surface area (Å²) in [5.74, 6) is 0.596. The Labute approximate surface area is 147 Å². The van der Waals surface area contributed by atoms with E-state index in [4.69, 9.17) is 5.73 Å². The van der Waals surface area contributed by atoms with Gasteiger partial charge in [0.15, 0.2) is 0 Å². The van der Waals surface area contributed by atoms with Crippen molar-refractivity contribution in [1.29, 1.82) is 0 Å². The van der Waals surface area contributed by atoms with E-state index in [1.807, 2.05) is 0 Å². The fourth-order valence-electron chi connectivity index (χ4n) is 4.59. The second-order valence-corrected chi connectivity index (χ2v) is 7.27. The first kappa shape index (κ1) is 14.8. The van der Waals surface area contributed by atoms with Crippen LogP contribution in [0.2, 0.25) is 0 Å². The summed E-state index contributed by atoms with van der Waals surface area (Å²) in [6.45, 7) is 0.778. The molecule has 0 fully saturated rings. The number of benzene rings is 1. The summed E-state index contributed by atoms with van der Waals surface area (Å²) in [6, 6.07) is 15.2. The van der Waals surface area contributed by atoms with E-state index in [0.717, 1.165) is 19.4 Å². The van der Waals surface area contributed by atoms with Gasteiger partial charge in [0.2, 0.25) is 0 Å². The van der Waals surface area contributed by atoms with Crippen LogP contribution in [0.3, 0.4) is 0 Å². The van der Waals surface area contributed by atoms with Gasteiger partial charge in [0, 0.05) is 47.2 Å². The first-order valence-corrected chi connectivity index (χ1v) is 9.13. The van der Waals surface area contributed by atoms with Gasteiger partial charge in [0.25, 0.3) is 0 Å². The van der Waals surface area contributed by atoms with E-state index < -0.39 is 0 Å². The molecular formula is C22H23N3. The third kappa shape index (κ3) is 2.09. The van der Waals surface area contributed by atoms with Crippen molar-refractivity contribution in [3.05, 3.63) is 66.1 Å². The Hall–Kier alpha value is -2.52. The third-order valence-electron chi connectivity index (χ3n) is 5.84. The summed E-state index contributed by atoms with van der Waals surface area (Å²) in [5, 5.41) is 1.33. The van der Waals surface area contributed by atoms with Gasteiger partial charge in [-0.3, -0.25) is 0 Å². The van der Waals surface area contributed by atoms with Crippen LogP contribution in [-0.2, 0) is 19.9 Å². The molecule has 25 heavy (non-hydrogen) atoms. The Morgan fingerprint density at radius 3 is 2.76 bits per heavy atom. The monoisotopic (exact) mass is 329 g/mol. The summed E-state index contributed by atoms with van der Waals surface area (Å²) in [6.07, 6.45) is 7.91. The van der Waals surface area contributed by atoms with Gasteiger partial charge in [0.1, 0.15) is 0 Å². The van der Waals surface area contributed by atoms with E-state index in [1.165, 1.54) is 45.2 Å². The van der Waals surface area contributed by atoms with Gasteiger partial charge in [0.05, 0.1) is 5.52 Å². The van der Waals surface area contributed by atoms with Crippen LogP contribution < -0.4 is 5.73 Å². The standard InChI is InChI=1S/C22H23N3/c1-24-14-18(16-6-2-3-7-19(16)24)22-17-12-15(13-23)9-10-20(17)25-11-5-4-8-21(22)25/h2-8,11,14-15H,9-10,12-13,23H2,1H3. The molecule has 1 atom stereocenters.